The second-order valence-corrected chi connectivity index (χ2v) is 8.05. The van der Waals surface area contributed by atoms with E-state index in [1.165, 1.54) is 0 Å². The van der Waals surface area contributed by atoms with Crippen molar-refractivity contribution in [3.8, 4) is 22.5 Å². The Bertz CT molecular complexity index is 1370. The Balaban J connectivity index is 0.00000324. The minimum Gasteiger partial charge on any atom is -1.00 e. The van der Waals surface area contributed by atoms with Gasteiger partial charge in [0.2, 0.25) is 0 Å². The van der Waals surface area contributed by atoms with E-state index in [9.17, 15) is 4.79 Å². The van der Waals surface area contributed by atoms with Gasteiger partial charge in [-0.3, -0.25) is 4.99 Å². The van der Waals surface area contributed by atoms with Crippen LogP contribution in [0, 0.1) is 13.8 Å². The number of carbonyl (C=O) groups excluding carboxylic acids is 1. The maximum atomic E-state index is 12.9. The normalized spacial score (nSPS) is 11.5. The molecule has 0 saturated carbocycles. The molecule has 0 radical (unpaired) electrons. The third-order valence-electron chi connectivity index (χ3n) is 5.77. The number of aryl methyl sites for hydroxylation is 2. The second-order valence-electron chi connectivity index (χ2n) is 8.05. The molecule has 34 heavy (non-hydrogen) atoms. The number of fused-ring (bicyclic) bond motifs is 2. The number of esters is 1. The van der Waals surface area contributed by atoms with Crippen LogP contribution in [0.25, 0.3) is 33.4 Å². The van der Waals surface area contributed by atoms with E-state index in [4.69, 9.17) is 9.15 Å². The van der Waals surface area contributed by atoms with Gasteiger partial charge in [0.15, 0.2) is 0 Å². The maximum absolute atomic E-state index is 12.9. The van der Waals surface area contributed by atoms with Crippen molar-refractivity contribution in [3.63, 3.8) is 0 Å². The van der Waals surface area contributed by atoms with Gasteiger partial charge in [0, 0.05) is 47.4 Å². The lowest BCUT2D eigenvalue weighted by Crippen LogP contribution is -3.00. The van der Waals surface area contributed by atoms with Crippen LogP contribution in [0.15, 0.2) is 57.9 Å². The fourth-order valence-corrected chi connectivity index (χ4v) is 4.29. The van der Waals surface area contributed by atoms with Crippen LogP contribution in [0.5, 0.6) is 0 Å². The number of hydrogen-bond donors (Lipinski definition) is 1. The van der Waals surface area contributed by atoms with Gasteiger partial charge >= 0.3 is 5.97 Å². The summed E-state index contributed by atoms with van der Waals surface area (Å²) >= 11 is 0. The van der Waals surface area contributed by atoms with Gasteiger partial charge in [0.25, 0.3) is 0 Å². The lowest BCUT2D eigenvalue weighted by molar-refractivity contribution is -0.0000253. The van der Waals surface area contributed by atoms with E-state index >= 15 is 0 Å². The molecule has 1 aliphatic heterocycles. The number of nitrogens with zero attached hydrogens (tertiary/aromatic N) is 1. The highest BCUT2D eigenvalue weighted by Crippen LogP contribution is 2.43. The van der Waals surface area contributed by atoms with Crippen LogP contribution in [0.2, 0.25) is 0 Å². The van der Waals surface area contributed by atoms with Crippen molar-refractivity contribution in [2.24, 2.45) is 4.99 Å². The standard InChI is InChI=1S/C28H30N2O3.ClH/c1-6-29-23-15-25-21(13-17(23)4)27(19-11-9-10-12-20(19)28(31)32-8-3)22-14-18(5)24(30-7-2)16-26(22)33-25;/h9-16,29H,6-8H2,1-5H3;1H/p-1. The molecule has 0 unspecified atom stereocenters. The molecule has 2 aromatic carbocycles. The molecule has 2 aromatic rings. The number of benzene rings is 3. The second kappa shape index (κ2) is 10.7. The van der Waals surface area contributed by atoms with Crippen molar-refractivity contribution in [3.05, 3.63) is 70.6 Å². The summed E-state index contributed by atoms with van der Waals surface area (Å²) in [6, 6.07) is 15.9. The molecule has 0 atom stereocenters. The van der Waals surface area contributed by atoms with Gasteiger partial charge in [0.05, 0.1) is 17.5 Å². The van der Waals surface area contributed by atoms with Gasteiger partial charge in [0.1, 0.15) is 11.3 Å². The molecule has 1 aliphatic carbocycles. The lowest BCUT2D eigenvalue weighted by Gasteiger charge is -2.19. The SMILES string of the molecule is CCN=c1cc2oc3cc(NCC)c(C)cc3c(-c3ccccc3C(=O)OCC)c-2cc1C.[Cl-]. The molecule has 178 valence electrons. The molecule has 0 fully saturated rings. The van der Waals surface area contributed by atoms with Crippen LogP contribution in [-0.4, -0.2) is 25.7 Å². The Morgan fingerprint density at radius 2 is 1.76 bits per heavy atom. The predicted molar refractivity (Wildman–Crippen MR) is 134 cm³/mol. The van der Waals surface area contributed by atoms with Crippen LogP contribution in [0.3, 0.4) is 0 Å². The fraction of sp³-hybridized carbons (Fsp3) is 0.286. The molecule has 0 bridgehead atoms. The van der Waals surface area contributed by atoms with Gasteiger partial charge in [-0.2, -0.15) is 0 Å². The minimum atomic E-state index is -0.328. The number of anilines is 1. The molecule has 1 N–H and O–H groups in total. The number of hydrogen-bond acceptors (Lipinski definition) is 5. The summed E-state index contributed by atoms with van der Waals surface area (Å²) in [5.74, 6) is 0.408. The van der Waals surface area contributed by atoms with Crippen LogP contribution in [0.4, 0.5) is 5.69 Å². The summed E-state index contributed by atoms with van der Waals surface area (Å²) in [5, 5.41) is 5.28. The topological polar surface area (TPSA) is 63.8 Å². The van der Waals surface area contributed by atoms with E-state index in [-0.39, 0.29) is 18.4 Å². The van der Waals surface area contributed by atoms with E-state index in [0.29, 0.717) is 18.7 Å². The number of carbonyl (C=O) groups is 1. The van der Waals surface area contributed by atoms with Gasteiger partial charge in [-0.05, 0) is 69.5 Å². The van der Waals surface area contributed by atoms with Crippen molar-refractivity contribution in [2.45, 2.75) is 34.6 Å². The highest BCUT2D eigenvalue weighted by Gasteiger charge is 2.23. The molecule has 0 spiro atoms. The monoisotopic (exact) mass is 477 g/mol. The van der Waals surface area contributed by atoms with Crippen LogP contribution < -0.4 is 23.1 Å². The van der Waals surface area contributed by atoms with Crippen LogP contribution in [-0.2, 0) is 4.74 Å². The first-order valence-corrected chi connectivity index (χ1v) is 11.5. The quantitative estimate of drug-likeness (QED) is 0.341. The molecule has 4 rings (SSSR count). The largest absolute Gasteiger partial charge is 1.00 e. The summed E-state index contributed by atoms with van der Waals surface area (Å²) in [5.41, 5.74) is 7.25. The summed E-state index contributed by atoms with van der Waals surface area (Å²) in [6.07, 6.45) is 0. The minimum absolute atomic E-state index is 0. The van der Waals surface area contributed by atoms with E-state index in [1.54, 1.807) is 0 Å². The first-order chi connectivity index (χ1) is 16.0. The Morgan fingerprint density at radius 3 is 2.47 bits per heavy atom. The molecular weight excluding hydrogens is 448 g/mol. The summed E-state index contributed by atoms with van der Waals surface area (Å²) in [6.45, 7) is 11.9. The first kappa shape index (κ1) is 25.3. The van der Waals surface area contributed by atoms with Gasteiger partial charge in [-0.25, -0.2) is 4.79 Å². The summed E-state index contributed by atoms with van der Waals surface area (Å²) in [7, 11) is 0. The molecule has 2 aliphatic rings. The average Bonchev–Trinajstić information content (AvgIpc) is 2.80. The molecule has 0 saturated heterocycles. The highest BCUT2D eigenvalue weighted by molar-refractivity contribution is 6.08. The van der Waals surface area contributed by atoms with Gasteiger partial charge in [-0.15, -0.1) is 0 Å². The fourth-order valence-electron chi connectivity index (χ4n) is 4.29. The van der Waals surface area contributed by atoms with Gasteiger partial charge in [-0.1, -0.05) is 18.2 Å². The molecular formula is C28H30ClN2O3-. The van der Waals surface area contributed by atoms with Crippen molar-refractivity contribution in [2.75, 3.05) is 25.0 Å². The number of nitrogens with one attached hydrogen (secondary N) is 1. The Hall–Kier alpha value is -3.31. The predicted octanol–water partition coefficient (Wildman–Crippen LogP) is 3.35. The van der Waals surface area contributed by atoms with Crippen LogP contribution in [0.1, 0.15) is 42.3 Å². The molecule has 6 heteroatoms. The van der Waals surface area contributed by atoms with E-state index in [1.807, 2.05) is 50.2 Å². The van der Waals surface area contributed by atoms with E-state index in [0.717, 1.165) is 62.1 Å². The number of ether oxygens (including phenoxy) is 1. The molecule has 0 amide bonds. The molecule has 5 nitrogen and oxygen atoms in total. The Kier molecular flexibility index (Phi) is 8.00. The van der Waals surface area contributed by atoms with Crippen molar-refractivity contribution in [1.29, 1.82) is 0 Å². The smallest absolute Gasteiger partial charge is 0.338 e. The van der Waals surface area contributed by atoms with Gasteiger partial charge < -0.3 is 26.9 Å². The third kappa shape index (κ3) is 4.66. The van der Waals surface area contributed by atoms with Crippen molar-refractivity contribution in [1.82, 2.24) is 0 Å². The zero-order valence-electron chi connectivity index (χ0n) is 20.3. The van der Waals surface area contributed by atoms with E-state index in [2.05, 4.69) is 43.2 Å². The highest BCUT2D eigenvalue weighted by atomic mass is 35.5. The summed E-state index contributed by atoms with van der Waals surface area (Å²) < 4.78 is 11.8. The Labute approximate surface area is 206 Å². The number of halogens is 1. The van der Waals surface area contributed by atoms with Crippen molar-refractivity contribution < 1.29 is 26.4 Å². The van der Waals surface area contributed by atoms with Crippen LogP contribution >= 0.6 is 0 Å². The first-order valence-electron chi connectivity index (χ1n) is 11.5. The molecule has 0 aromatic heterocycles. The summed E-state index contributed by atoms with van der Waals surface area (Å²) in [4.78, 5) is 17.5. The zero-order valence-corrected chi connectivity index (χ0v) is 21.0. The maximum Gasteiger partial charge on any atom is 0.338 e. The Morgan fingerprint density at radius 1 is 1.00 bits per heavy atom. The molecule has 1 heterocycles. The van der Waals surface area contributed by atoms with Crippen molar-refractivity contribution >= 4 is 22.6 Å². The van der Waals surface area contributed by atoms with E-state index < -0.39 is 0 Å². The third-order valence-corrected chi connectivity index (χ3v) is 5.77. The zero-order chi connectivity index (χ0) is 23.5. The average molecular weight is 478 g/mol. The lowest BCUT2D eigenvalue weighted by atomic mass is 9.89. The number of rotatable bonds is 6.